The van der Waals surface area contributed by atoms with Gasteiger partial charge in [0.2, 0.25) is 10.0 Å². The molecule has 5 nitrogen and oxygen atoms in total. The van der Waals surface area contributed by atoms with Gasteiger partial charge in [0, 0.05) is 0 Å². The van der Waals surface area contributed by atoms with E-state index in [-0.39, 0.29) is 11.3 Å². The van der Waals surface area contributed by atoms with Gasteiger partial charge >= 0.3 is 5.97 Å². The van der Waals surface area contributed by atoms with Gasteiger partial charge < -0.3 is 4.74 Å². The molecule has 1 atom stereocenters. The number of carbonyl (C=O) groups excluding carboxylic acids is 1. The second-order valence-corrected chi connectivity index (χ2v) is 6.72. The zero-order valence-electron chi connectivity index (χ0n) is 13.0. The SMILES string of the molecule is CC[C@@](NS(=O)(=O)c1ccccc1)(C(=O)OC)c1ccccc1. The minimum Gasteiger partial charge on any atom is -0.467 e. The van der Waals surface area contributed by atoms with Crippen LogP contribution in [0.5, 0.6) is 0 Å². The summed E-state index contributed by atoms with van der Waals surface area (Å²) in [5, 5.41) is 0. The highest BCUT2D eigenvalue weighted by Crippen LogP contribution is 2.29. The van der Waals surface area contributed by atoms with Gasteiger partial charge in [-0.15, -0.1) is 0 Å². The molecular formula is C17H19NO4S. The summed E-state index contributed by atoms with van der Waals surface area (Å²) in [4.78, 5) is 12.5. The maximum Gasteiger partial charge on any atom is 0.331 e. The Morgan fingerprint density at radius 1 is 1.04 bits per heavy atom. The van der Waals surface area contributed by atoms with Crippen LogP contribution in [-0.2, 0) is 25.1 Å². The fraction of sp³-hybridized carbons (Fsp3) is 0.235. The number of rotatable bonds is 6. The molecule has 1 N–H and O–H groups in total. The number of sulfonamides is 1. The number of nitrogens with one attached hydrogen (secondary N) is 1. The van der Waals surface area contributed by atoms with Crippen molar-refractivity contribution in [1.82, 2.24) is 4.72 Å². The number of methoxy groups -OCH3 is 1. The topological polar surface area (TPSA) is 72.5 Å². The average Bonchev–Trinajstić information content (AvgIpc) is 2.60. The van der Waals surface area contributed by atoms with E-state index in [1.54, 1.807) is 55.5 Å². The third kappa shape index (κ3) is 3.43. The summed E-state index contributed by atoms with van der Waals surface area (Å²) >= 11 is 0. The van der Waals surface area contributed by atoms with Crippen LogP contribution in [0, 0.1) is 0 Å². The van der Waals surface area contributed by atoms with Crippen LogP contribution in [0.15, 0.2) is 65.6 Å². The Balaban J connectivity index is 2.54. The predicted molar refractivity (Wildman–Crippen MR) is 87.2 cm³/mol. The highest BCUT2D eigenvalue weighted by atomic mass is 32.2. The molecule has 2 aromatic carbocycles. The number of carbonyl (C=O) groups is 1. The second-order valence-electron chi connectivity index (χ2n) is 5.04. The highest BCUT2D eigenvalue weighted by molar-refractivity contribution is 7.89. The van der Waals surface area contributed by atoms with Crippen LogP contribution in [0.1, 0.15) is 18.9 Å². The lowest BCUT2D eigenvalue weighted by atomic mass is 9.88. The Bertz CT molecular complexity index is 760. The second kappa shape index (κ2) is 6.93. The fourth-order valence-corrected chi connectivity index (χ4v) is 3.86. The van der Waals surface area contributed by atoms with E-state index in [1.807, 2.05) is 0 Å². The molecule has 0 radical (unpaired) electrons. The zero-order chi connectivity index (χ0) is 16.9. The molecule has 0 unspecified atom stereocenters. The minimum atomic E-state index is -3.88. The lowest BCUT2D eigenvalue weighted by Gasteiger charge is -2.31. The third-order valence-electron chi connectivity index (χ3n) is 3.69. The molecule has 0 saturated carbocycles. The Kier molecular flexibility index (Phi) is 5.18. The fourth-order valence-electron chi connectivity index (χ4n) is 2.42. The van der Waals surface area contributed by atoms with E-state index in [2.05, 4.69) is 4.72 Å². The summed E-state index contributed by atoms with van der Waals surface area (Å²) in [7, 11) is -2.64. The summed E-state index contributed by atoms with van der Waals surface area (Å²) in [6.45, 7) is 1.73. The van der Waals surface area contributed by atoms with E-state index in [4.69, 9.17) is 4.74 Å². The summed E-state index contributed by atoms with van der Waals surface area (Å²) in [6.07, 6.45) is 0.218. The molecule has 0 heterocycles. The molecule has 2 rings (SSSR count). The van der Waals surface area contributed by atoms with Gasteiger partial charge in [-0.2, -0.15) is 4.72 Å². The minimum absolute atomic E-state index is 0.0951. The molecule has 6 heteroatoms. The van der Waals surface area contributed by atoms with Crippen molar-refractivity contribution < 1.29 is 17.9 Å². The van der Waals surface area contributed by atoms with Crippen LogP contribution in [0.3, 0.4) is 0 Å². The lowest BCUT2D eigenvalue weighted by Crippen LogP contribution is -2.51. The summed E-state index contributed by atoms with van der Waals surface area (Å²) in [5.74, 6) is -0.647. The molecule has 0 aliphatic carbocycles. The molecule has 0 spiro atoms. The van der Waals surface area contributed by atoms with Crippen molar-refractivity contribution in [1.29, 1.82) is 0 Å². The van der Waals surface area contributed by atoms with Gasteiger partial charge in [0.15, 0.2) is 5.54 Å². The standard InChI is InChI=1S/C17H19NO4S/c1-3-17(16(19)22-2,14-10-6-4-7-11-14)18-23(20,21)15-12-8-5-9-13-15/h4-13,18H,3H2,1-2H3/t17-/m0/s1. The van der Waals surface area contributed by atoms with Gasteiger partial charge in [0.25, 0.3) is 0 Å². The van der Waals surface area contributed by atoms with Crippen molar-refractivity contribution in [2.75, 3.05) is 7.11 Å². The molecule has 0 amide bonds. The zero-order valence-corrected chi connectivity index (χ0v) is 13.8. The Morgan fingerprint density at radius 2 is 1.57 bits per heavy atom. The normalized spacial score (nSPS) is 14.0. The van der Waals surface area contributed by atoms with Gasteiger partial charge in [-0.1, -0.05) is 55.5 Å². The summed E-state index contributed by atoms with van der Waals surface area (Å²) < 4.78 is 32.8. The van der Waals surface area contributed by atoms with E-state index < -0.39 is 21.5 Å². The maximum absolute atomic E-state index is 12.7. The van der Waals surface area contributed by atoms with E-state index in [0.29, 0.717) is 5.56 Å². The first-order chi connectivity index (χ1) is 11.0. The molecule has 2 aromatic rings. The van der Waals surface area contributed by atoms with Crippen LogP contribution in [0.2, 0.25) is 0 Å². The number of ether oxygens (including phenoxy) is 1. The van der Waals surface area contributed by atoms with Crippen LogP contribution in [-0.4, -0.2) is 21.5 Å². The van der Waals surface area contributed by atoms with Crippen molar-refractivity contribution >= 4 is 16.0 Å². The number of benzene rings is 2. The highest BCUT2D eigenvalue weighted by Gasteiger charge is 2.43. The van der Waals surface area contributed by atoms with E-state index in [0.717, 1.165) is 0 Å². The monoisotopic (exact) mass is 333 g/mol. The molecule has 0 saturated heterocycles. The van der Waals surface area contributed by atoms with Crippen LogP contribution >= 0.6 is 0 Å². The largest absolute Gasteiger partial charge is 0.467 e. The number of esters is 1. The Labute approximate surface area is 136 Å². The van der Waals surface area contributed by atoms with E-state index in [9.17, 15) is 13.2 Å². The average molecular weight is 333 g/mol. The van der Waals surface area contributed by atoms with Crippen molar-refractivity contribution in [3.8, 4) is 0 Å². The van der Waals surface area contributed by atoms with Crippen LogP contribution in [0.4, 0.5) is 0 Å². The molecule has 0 aliphatic rings. The molecular weight excluding hydrogens is 314 g/mol. The molecule has 0 fully saturated rings. The Morgan fingerprint density at radius 3 is 2.04 bits per heavy atom. The van der Waals surface area contributed by atoms with Crippen LogP contribution < -0.4 is 4.72 Å². The van der Waals surface area contributed by atoms with Crippen LogP contribution in [0.25, 0.3) is 0 Å². The van der Waals surface area contributed by atoms with Gasteiger partial charge in [-0.05, 0) is 24.1 Å². The van der Waals surface area contributed by atoms with Crippen molar-refractivity contribution in [2.45, 2.75) is 23.8 Å². The van der Waals surface area contributed by atoms with Gasteiger partial charge in [-0.3, -0.25) is 0 Å². The first-order valence-electron chi connectivity index (χ1n) is 7.19. The van der Waals surface area contributed by atoms with Gasteiger partial charge in [-0.25, -0.2) is 13.2 Å². The molecule has 122 valence electrons. The molecule has 0 aliphatic heterocycles. The van der Waals surface area contributed by atoms with Gasteiger partial charge in [0.05, 0.1) is 12.0 Å². The van der Waals surface area contributed by atoms with Gasteiger partial charge in [0.1, 0.15) is 0 Å². The summed E-state index contributed by atoms with van der Waals surface area (Å²) in [5.41, 5.74) is -0.932. The third-order valence-corrected chi connectivity index (χ3v) is 5.20. The smallest absolute Gasteiger partial charge is 0.331 e. The quantitative estimate of drug-likeness (QED) is 0.824. The van der Waals surface area contributed by atoms with Crippen molar-refractivity contribution in [3.63, 3.8) is 0 Å². The maximum atomic E-state index is 12.7. The molecule has 0 aromatic heterocycles. The number of hydrogen-bond acceptors (Lipinski definition) is 4. The van der Waals surface area contributed by atoms with Crippen molar-refractivity contribution in [3.05, 3.63) is 66.2 Å². The molecule has 23 heavy (non-hydrogen) atoms. The summed E-state index contributed by atoms with van der Waals surface area (Å²) in [6, 6.07) is 16.6. The lowest BCUT2D eigenvalue weighted by molar-refractivity contribution is -0.148. The number of hydrogen-bond donors (Lipinski definition) is 1. The predicted octanol–water partition coefficient (Wildman–Crippen LogP) is 2.44. The Hall–Kier alpha value is -2.18. The molecule has 0 bridgehead atoms. The first-order valence-corrected chi connectivity index (χ1v) is 8.67. The van der Waals surface area contributed by atoms with Crippen molar-refractivity contribution in [2.24, 2.45) is 0 Å². The first kappa shape index (κ1) is 17.2. The van der Waals surface area contributed by atoms with E-state index in [1.165, 1.54) is 19.2 Å². The van der Waals surface area contributed by atoms with E-state index >= 15 is 0 Å².